The second-order valence-corrected chi connectivity index (χ2v) is 6.10. The van der Waals surface area contributed by atoms with Crippen molar-refractivity contribution >= 4 is 11.6 Å². The summed E-state index contributed by atoms with van der Waals surface area (Å²) < 4.78 is 0. The predicted octanol–water partition coefficient (Wildman–Crippen LogP) is 3.89. The number of likely N-dealkylation sites (tertiary alicyclic amines) is 1. The van der Waals surface area contributed by atoms with Gasteiger partial charge in [0, 0.05) is 18.8 Å². The Kier molecular flexibility index (Phi) is 3.86. The van der Waals surface area contributed by atoms with Crippen molar-refractivity contribution in [2.75, 3.05) is 6.54 Å². The van der Waals surface area contributed by atoms with Gasteiger partial charge in [-0.15, -0.1) is 0 Å². The van der Waals surface area contributed by atoms with Crippen molar-refractivity contribution in [2.24, 2.45) is 5.92 Å². The van der Waals surface area contributed by atoms with E-state index in [0.29, 0.717) is 5.15 Å². The molecule has 0 N–H and O–H groups in total. The SMILES string of the molecule is Clc1cc(CN2CCCC3CCCCC32)ccn1. The minimum absolute atomic E-state index is 0.615. The standard InChI is InChI=1S/C15H21ClN2/c16-15-10-12(7-8-17-15)11-18-9-3-5-13-4-1-2-6-14(13)18/h7-8,10,13-14H,1-6,9,11H2. The minimum atomic E-state index is 0.615. The summed E-state index contributed by atoms with van der Waals surface area (Å²) in [6.45, 7) is 2.30. The number of piperidine rings is 1. The van der Waals surface area contributed by atoms with E-state index in [1.165, 1.54) is 50.6 Å². The molecule has 0 bridgehead atoms. The summed E-state index contributed by atoms with van der Waals surface area (Å²) in [5, 5.41) is 0.615. The first-order valence-electron chi connectivity index (χ1n) is 7.17. The molecular formula is C15H21ClN2. The van der Waals surface area contributed by atoms with Gasteiger partial charge in [0.2, 0.25) is 0 Å². The Morgan fingerprint density at radius 2 is 2.06 bits per heavy atom. The molecule has 1 aromatic rings. The van der Waals surface area contributed by atoms with E-state index in [9.17, 15) is 0 Å². The van der Waals surface area contributed by atoms with Crippen molar-refractivity contribution in [3.05, 3.63) is 29.0 Å². The molecule has 2 aliphatic rings. The quantitative estimate of drug-likeness (QED) is 0.754. The Morgan fingerprint density at radius 3 is 2.94 bits per heavy atom. The lowest BCUT2D eigenvalue weighted by Gasteiger charge is -2.44. The van der Waals surface area contributed by atoms with E-state index in [1.54, 1.807) is 0 Å². The van der Waals surface area contributed by atoms with Gasteiger partial charge in [-0.1, -0.05) is 24.4 Å². The highest BCUT2D eigenvalue weighted by Gasteiger charge is 2.32. The monoisotopic (exact) mass is 264 g/mol. The van der Waals surface area contributed by atoms with Gasteiger partial charge in [0.25, 0.3) is 0 Å². The fraction of sp³-hybridized carbons (Fsp3) is 0.667. The van der Waals surface area contributed by atoms with Crippen molar-refractivity contribution < 1.29 is 0 Å². The Hall–Kier alpha value is -0.600. The third-order valence-corrected chi connectivity index (χ3v) is 4.74. The van der Waals surface area contributed by atoms with Crippen molar-refractivity contribution in [1.29, 1.82) is 0 Å². The zero-order chi connectivity index (χ0) is 12.4. The first kappa shape index (κ1) is 12.4. The zero-order valence-electron chi connectivity index (χ0n) is 10.8. The van der Waals surface area contributed by atoms with Crippen LogP contribution in [0.25, 0.3) is 0 Å². The van der Waals surface area contributed by atoms with Gasteiger partial charge in [0.1, 0.15) is 5.15 Å². The molecule has 1 saturated carbocycles. The number of rotatable bonds is 2. The van der Waals surface area contributed by atoms with E-state index in [-0.39, 0.29) is 0 Å². The van der Waals surface area contributed by atoms with Crippen LogP contribution in [0.3, 0.4) is 0 Å². The second kappa shape index (κ2) is 5.58. The third-order valence-electron chi connectivity index (χ3n) is 4.53. The molecule has 2 nitrogen and oxygen atoms in total. The number of fused-ring (bicyclic) bond motifs is 1. The molecule has 0 radical (unpaired) electrons. The van der Waals surface area contributed by atoms with E-state index in [0.717, 1.165) is 18.5 Å². The van der Waals surface area contributed by atoms with Crippen LogP contribution in [-0.4, -0.2) is 22.5 Å². The fourth-order valence-electron chi connectivity index (χ4n) is 3.70. The number of pyridine rings is 1. The molecule has 3 rings (SSSR count). The van der Waals surface area contributed by atoms with Crippen LogP contribution in [0.4, 0.5) is 0 Å². The highest BCUT2D eigenvalue weighted by molar-refractivity contribution is 6.29. The summed E-state index contributed by atoms with van der Waals surface area (Å²) >= 11 is 5.97. The Labute approximate surface area is 114 Å². The fourth-order valence-corrected chi connectivity index (χ4v) is 3.90. The topological polar surface area (TPSA) is 16.1 Å². The van der Waals surface area contributed by atoms with Gasteiger partial charge in [-0.2, -0.15) is 0 Å². The Morgan fingerprint density at radius 1 is 1.22 bits per heavy atom. The van der Waals surface area contributed by atoms with Gasteiger partial charge in [-0.05, 0) is 55.8 Å². The van der Waals surface area contributed by atoms with Crippen LogP contribution in [0.2, 0.25) is 5.15 Å². The normalized spacial score (nSPS) is 28.9. The van der Waals surface area contributed by atoms with Crippen LogP contribution in [0.5, 0.6) is 0 Å². The Bertz CT molecular complexity index is 405. The molecule has 0 aromatic carbocycles. The van der Waals surface area contributed by atoms with Crippen LogP contribution in [-0.2, 0) is 6.54 Å². The summed E-state index contributed by atoms with van der Waals surface area (Å²) in [4.78, 5) is 6.74. The molecule has 1 aliphatic heterocycles. The summed E-state index contributed by atoms with van der Waals surface area (Å²) in [6, 6.07) is 4.92. The van der Waals surface area contributed by atoms with Crippen LogP contribution in [0.1, 0.15) is 44.1 Å². The smallest absolute Gasteiger partial charge is 0.129 e. The van der Waals surface area contributed by atoms with E-state index < -0.39 is 0 Å². The lowest BCUT2D eigenvalue weighted by atomic mass is 9.78. The summed E-state index contributed by atoms with van der Waals surface area (Å²) in [5.74, 6) is 0.949. The molecule has 3 heteroatoms. The molecule has 98 valence electrons. The maximum absolute atomic E-state index is 5.97. The average Bonchev–Trinajstić information content (AvgIpc) is 2.39. The predicted molar refractivity (Wildman–Crippen MR) is 74.6 cm³/mol. The van der Waals surface area contributed by atoms with Crippen LogP contribution >= 0.6 is 11.6 Å². The average molecular weight is 265 g/mol. The molecule has 2 fully saturated rings. The van der Waals surface area contributed by atoms with Gasteiger partial charge >= 0.3 is 0 Å². The minimum Gasteiger partial charge on any atom is -0.296 e. The van der Waals surface area contributed by atoms with Crippen LogP contribution < -0.4 is 0 Å². The molecular weight excluding hydrogens is 244 g/mol. The zero-order valence-corrected chi connectivity index (χ0v) is 11.6. The number of halogens is 1. The van der Waals surface area contributed by atoms with Crippen molar-refractivity contribution in [1.82, 2.24) is 9.88 Å². The lowest BCUT2D eigenvalue weighted by Crippen LogP contribution is -2.46. The molecule has 1 aromatic heterocycles. The molecule has 18 heavy (non-hydrogen) atoms. The molecule has 0 spiro atoms. The molecule has 1 aliphatic carbocycles. The number of hydrogen-bond donors (Lipinski definition) is 0. The van der Waals surface area contributed by atoms with Gasteiger partial charge in [-0.25, -0.2) is 4.98 Å². The molecule has 2 heterocycles. The number of nitrogens with zero attached hydrogens (tertiary/aromatic N) is 2. The largest absolute Gasteiger partial charge is 0.296 e. The molecule has 2 unspecified atom stereocenters. The maximum Gasteiger partial charge on any atom is 0.129 e. The first-order chi connectivity index (χ1) is 8.83. The van der Waals surface area contributed by atoms with Crippen molar-refractivity contribution in [2.45, 2.75) is 51.1 Å². The van der Waals surface area contributed by atoms with E-state index in [4.69, 9.17) is 11.6 Å². The maximum atomic E-state index is 5.97. The lowest BCUT2D eigenvalue weighted by molar-refractivity contribution is 0.0547. The summed E-state index contributed by atoms with van der Waals surface area (Å²) in [7, 11) is 0. The summed E-state index contributed by atoms with van der Waals surface area (Å²) in [6.07, 6.45) is 10.3. The number of aromatic nitrogens is 1. The van der Waals surface area contributed by atoms with E-state index in [1.807, 2.05) is 12.3 Å². The molecule has 0 amide bonds. The second-order valence-electron chi connectivity index (χ2n) is 5.71. The Balaban J connectivity index is 1.71. The third kappa shape index (κ3) is 2.70. The van der Waals surface area contributed by atoms with Crippen LogP contribution in [0, 0.1) is 5.92 Å². The van der Waals surface area contributed by atoms with Gasteiger partial charge in [0.05, 0.1) is 0 Å². The molecule has 1 saturated heterocycles. The van der Waals surface area contributed by atoms with E-state index in [2.05, 4.69) is 16.0 Å². The van der Waals surface area contributed by atoms with Gasteiger partial charge in [-0.3, -0.25) is 4.90 Å². The number of hydrogen-bond acceptors (Lipinski definition) is 2. The molecule has 2 atom stereocenters. The van der Waals surface area contributed by atoms with Crippen LogP contribution in [0.15, 0.2) is 18.3 Å². The van der Waals surface area contributed by atoms with E-state index >= 15 is 0 Å². The van der Waals surface area contributed by atoms with Gasteiger partial charge < -0.3 is 0 Å². The highest BCUT2D eigenvalue weighted by atomic mass is 35.5. The highest BCUT2D eigenvalue weighted by Crippen LogP contribution is 2.35. The summed E-state index contributed by atoms with van der Waals surface area (Å²) in [5.41, 5.74) is 1.31. The van der Waals surface area contributed by atoms with Crippen molar-refractivity contribution in [3.8, 4) is 0 Å². The van der Waals surface area contributed by atoms with Crippen molar-refractivity contribution in [3.63, 3.8) is 0 Å². The first-order valence-corrected chi connectivity index (χ1v) is 7.55. The van der Waals surface area contributed by atoms with Gasteiger partial charge in [0.15, 0.2) is 0 Å².